The van der Waals surface area contributed by atoms with E-state index in [0.717, 1.165) is 10.4 Å². The Hall–Kier alpha value is -1.48. The number of carbonyl (C=O) groups excluding carboxylic acids is 1. The second-order valence-electron chi connectivity index (χ2n) is 3.37. The normalized spacial score (nSPS) is 12.3. The highest BCUT2D eigenvalue weighted by molar-refractivity contribution is 7.08. The molecule has 1 aromatic carbocycles. The maximum absolute atomic E-state index is 12.0. The van der Waals surface area contributed by atoms with Crippen molar-refractivity contribution in [2.45, 2.75) is 12.8 Å². The summed E-state index contributed by atoms with van der Waals surface area (Å²) in [5.41, 5.74) is 1.05. The molecule has 1 unspecified atom stereocenters. The first-order valence-corrected chi connectivity index (χ1v) is 5.56. The highest BCUT2D eigenvalue weighted by Crippen LogP contribution is 2.21. The summed E-state index contributed by atoms with van der Waals surface area (Å²) in [5.74, 6) is 0.0512. The van der Waals surface area contributed by atoms with E-state index in [1.54, 1.807) is 12.3 Å². The van der Waals surface area contributed by atoms with Crippen molar-refractivity contribution in [2.24, 2.45) is 0 Å². The molecule has 2 aromatic rings. The third-order valence-corrected chi connectivity index (χ3v) is 3.13. The number of benzene rings is 1. The van der Waals surface area contributed by atoms with Crippen molar-refractivity contribution in [1.82, 2.24) is 4.37 Å². The molecule has 2 nitrogen and oxygen atoms in total. The average Bonchev–Trinajstić information content (AvgIpc) is 2.82. The molecule has 76 valence electrons. The molecular weight excluding hydrogens is 206 g/mol. The Bertz CT molecular complexity index is 436. The van der Waals surface area contributed by atoms with Crippen LogP contribution in [0, 0.1) is 0 Å². The van der Waals surface area contributed by atoms with E-state index in [2.05, 4.69) is 4.37 Å². The van der Waals surface area contributed by atoms with E-state index in [1.165, 1.54) is 11.5 Å². The lowest BCUT2D eigenvalue weighted by molar-refractivity contribution is 0.0970. The second-order valence-corrected chi connectivity index (χ2v) is 4.21. The standard InChI is InChI=1S/C12H11NOS/c1-9(10-5-3-2-4-6-10)12(14)11-7-8-13-15-11/h2-9H,1H3. The second kappa shape index (κ2) is 4.36. The molecule has 0 saturated carbocycles. The summed E-state index contributed by atoms with van der Waals surface area (Å²) in [6, 6.07) is 11.6. The minimum Gasteiger partial charge on any atom is -0.293 e. The van der Waals surface area contributed by atoms with Crippen molar-refractivity contribution in [1.29, 1.82) is 0 Å². The summed E-state index contributed by atoms with van der Waals surface area (Å²) in [6.07, 6.45) is 1.66. The van der Waals surface area contributed by atoms with Gasteiger partial charge in [-0.15, -0.1) is 0 Å². The highest BCUT2D eigenvalue weighted by atomic mass is 32.1. The van der Waals surface area contributed by atoms with E-state index in [0.29, 0.717) is 0 Å². The number of Topliss-reactive ketones (excluding diaryl/α,β-unsaturated/α-hetero) is 1. The Morgan fingerprint density at radius 3 is 2.60 bits per heavy atom. The third-order valence-electron chi connectivity index (χ3n) is 2.37. The molecule has 0 radical (unpaired) electrons. The van der Waals surface area contributed by atoms with Crippen LogP contribution in [0.5, 0.6) is 0 Å². The van der Waals surface area contributed by atoms with Crippen molar-refractivity contribution >= 4 is 17.3 Å². The molecule has 0 aliphatic carbocycles. The van der Waals surface area contributed by atoms with Crippen LogP contribution in [0.15, 0.2) is 42.6 Å². The van der Waals surface area contributed by atoms with Gasteiger partial charge in [-0.1, -0.05) is 37.3 Å². The molecule has 1 aromatic heterocycles. The van der Waals surface area contributed by atoms with Gasteiger partial charge in [-0.3, -0.25) is 4.79 Å². The fourth-order valence-corrected chi connectivity index (χ4v) is 2.07. The lowest BCUT2D eigenvalue weighted by Crippen LogP contribution is -2.07. The van der Waals surface area contributed by atoms with Gasteiger partial charge in [0.25, 0.3) is 0 Å². The van der Waals surface area contributed by atoms with Gasteiger partial charge in [0, 0.05) is 12.1 Å². The molecule has 0 aliphatic heterocycles. The zero-order valence-corrected chi connectivity index (χ0v) is 9.20. The number of nitrogens with zero attached hydrogens (tertiary/aromatic N) is 1. The van der Waals surface area contributed by atoms with Crippen LogP contribution in [-0.4, -0.2) is 10.2 Å². The minimum atomic E-state index is -0.0911. The van der Waals surface area contributed by atoms with Gasteiger partial charge < -0.3 is 0 Å². The molecule has 15 heavy (non-hydrogen) atoms. The third kappa shape index (κ3) is 2.13. The van der Waals surface area contributed by atoms with Crippen molar-refractivity contribution in [3.8, 4) is 0 Å². The molecule has 0 amide bonds. The molecule has 2 rings (SSSR count). The van der Waals surface area contributed by atoms with Crippen LogP contribution in [0.4, 0.5) is 0 Å². The molecule has 0 saturated heterocycles. The lowest BCUT2D eigenvalue weighted by atomic mass is 9.96. The summed E-state index contributed by atoms with van der Waals surface area (Å²) in [6.45, 7) is 1.93. The summed E-state index contributed by atoms with van der Waals surface area (Å²) in [4.78, 5) is 12.7. The van der Waals surface area contributed by atoms with E-state index < -0.39 is 0 Å². The molecule has 0 fully saturated rings. The minimum absolute atomic E-state index is 0.0911. The molecule has 0 bridgehead atoms. The Balaban J connectivity index is 2.23. The molecule has 0 N–H and O–H groups in total. The van der Waals surface area contributed by atoms with Gasteiger partial charge in [0.15, 0.2) is 5.78 Å². The van der Waals surface area contributed by atoms with Gasteiger partial charge in [0.05, 0.1) is 4.88 Å². The predicted octanol–water partition coefficient (Wildman–Crippen LogP) is 3.13. The molecule has 1 atom stereocenters. The summed E-state index contributed by atoms with van der Waals surface area (Å²) in [5, 5.41) is 0. The maximum atomic E-state index is 12.0. The monoisotopic (exact) mass is 217 g/mol. The Labute approximate surface area is 92.7 Å². The summed E-state index contributed by atoms with van der Waals surface area (Å²) < 4.78 is 3.94. The van der Waals surface area contributed by atoms with Crippen LogP contribution in [0.2, 0.25) is 0 Å². The number of rotatable bonds is 3. The SMILES string of the molecule is CC(C(=O)c1ccns1)c1ccccc1. The number of hydrogen-bond acceptors (Lipinski definition) is 3. The molecule has 0 spiro atoms. The van der Waals surface area contributed by atoms with E-state index in [4.69, 9.17) is 0 Å². The fraction of sp³-hybridized carbons (Fsp3) is 0.167. The molecule has 1 heterocycles. The zero-order valence-electron chi connectivity index (χ0n) is 8.38. The van der Waals surface area contributed by atoms with Crippen LogP contribution in [-0.2, 0) is 0 Å². The van der Waals surface area contributed by atoms with Crippen molar-refractivity contribution in [2.75, 3.05) is 0 Å². The van der Waals surface area contributed by atoms with Gasteiger partial charge in [0.1, 0.15) is 0 Å². The van der Waals surface area contributed by atoms with E-state index in [9.17, 15) is 4.79 Å². The highest BCUT2D eigenvalue weighted by Gasteiger charge is 2.17. The maximum Gasteiger partial charge on any atom is 0.181 e. The lowest BCUT2D eigenvalue weighted by Gasteiger charge is -2.08. The largest absolute Gasteiger partial charge is 0.293 e. The van der Waals surface area contributed by atoms with E-state index in [1.807, 2.05) is 37.3 Å². The Morgan fingerprint density at radius 2 is 2.00 bits per heavy atom. The quantitative estimate of drug-likeness (QED) is 0.739. The van der Waals surface area contributed by atoms with Gasteiger partial charge in [-0.05, 0) is 23.2 Å². The van der Waals surface area contributed by atoms with Gasteiger partial charge in [0.2, 0.25) is 0 Å². The zero-order chi connectivity index (χ0) is 10.7. The van der Waals surface area contributed by atoms with Gasteiger partial charge >= 0.3 is 0 Å². The van der Waals surface area contributed by atoms with Crippen molar-refractivity contribution in [3.05, 3.63) is 53.0 Å². The number of aromatic nitrogens is 1. The van der Waals surface area contributed by atoms with Gasteiger partial charge in [-0.25, -0.2) is 4.37 Å². The van der Waals surface area contributed by atoms with Gasteiger partial charge in [-0.2, -0.15) is 0 Å². The average molecular weight is 217 g/mol. The number of ketones is 1. The van der Waals surface area contributed by atoms with E-state index >= 15 is 0 Å². The van der Waals surface area contributed by atoms with Crippen LogP contribution >= 0.6 is 11.5 Å². The smallest absolute Gasteiger partial charge is 0.181 e. The first-order chi connectivity index (χ1) is 7.29. The summed E-state index contributed by atoms with van der Waals surface area (Å²) >= 11 is 1.25. The Kier molecular flexibility index (Phi) is 2.92. The van der Waals surface area contributed by atoms with Crippen molar-refractivity contribution in [3.63, 3.8) is 0 Å². The fourth-order valence-electron chi connectivity index (χ4n) is 1.45. The number of carbonyl (C=O) groups is 1. The van der Waals surface area contributed by atoms with Crippen LogP contribution < -0.4 is 0 Å². The van der Waals surface area contributed by atoms with Crippen LogP contribution in [0.1, 0.15) is 28.1 Å². The summed E-state index contributed by atoms with van der Waals surface area (Å²) in [7, 11) is 0. The molecule has 0 aliphatic rings. The topological polar surface area (TPSA) is 30.0 Å². The van der Waals surface area contributed by atoms with Crippen LogP contribution in [0.25, 0.3) is 0 Å². The van der Waals surface area contributed by atoms with Crippen molar-refractivity contribution < 1.29 is 4.79 Å². The molecular formula is C12H11NOS. The molecule has 3 heteroatoms. The first-order valence-electron chi connectivity index (χ1n) is 4.79. The first kappa shape index (κ1) is 10.1. The van der Waals surface area contributed by atoms with E-state index in [-0.39, 0.29) is 11.7 Å². The Morgan fingerprint density at radius 1 is 1.27 bits per heavy atom. The predicted molar refractivity (Wildman–Crippen MR) is 61.3 cm³/mol. The van der Waals surface area contributed by atoms with Crippen LogP contribution in [0.3, 0.4) is 0 Å². The number of hydrogen-bond donors (Lipinski definition) is 0.